The van der Waals surface area contributed by atoms with Gasteiger partial charge in [0, 0.05) is 6.42 Å². The van der Waals surface area contributed by atoms with Crippen LogP contribution >= 0.6 is 0 Å². The maximum atomic E-state index is 11.8. The van der Waals surface area contributed by atoms with E-state index in [1.165, 1.54) is 0 Å². The molecule has 0 bridgehead atoms. The van der Waals surface area contributed by atoms with Gasteiger partial charge < -0.3 is 15.8 Å². The smallest absolute Gasteiger partial charge is 0.224 e. The molecule has 0 aliphatic rings. The molecule has 0 aromatic heterocycles. The van der Waals surface area contributed by atoms with Gasteiger partial charge in [0.15, 0.2) is 0 Å². The molecular formula is C15H24N2O2. The molecule has 0 unspecified atom stereocenters. The van der Waals surface area contributed by atoms with Crippen molar-refractivity contribution in [3.8, 4) is 5.75 Å². The van der Waals surface area contributed by atoms with Crippen molar-refractivity contribution in [3.05, 3.63) is 23.8 Å². The molecule has 0 heterocycles. The number of carbonyl (C=O) groups is 1. The molecule has 0 fully saturated rings. The van der Waals surface area contributed by atoms with Gasteiger partial charge in [-0.3, -0.25) is 4.79 Å². The van der Waals surface area contributed by atoms with Crippen molar-refractivity contribution in [3.63, 3.8) is 0 Å². The summed E-state index contributed by atoms with van der Waals surface area (Å²) in [5, 5.41) is 2.90. The summed E-state index contributed by atoms with van der Waals surface area (Å²) in [4.78, 5) is 11.8. The zero-order valence-electron chi connectivity index (χ0n) is 11.9. The highest BCUT2D eigenvalue weighted by molar-refractivity contribution is 5.92. The average molecular weight is 264 g/mol. The zero-order chi connectivity index (χ0) is 14.1. The van der Waals surface area contributed by atoms with Crippen LogP contribution in [0, 0.1) is 6.92 Å². The van der Waals surface area contributed by atoms with E-state index in [-0.39, 0.29) is 5.91 Å². The first kappa shape index (κ1) is 15.5. The summed E-state index contributed by atoms with van der Waals surface area (Å²) in [6.07, 6.45) is 3.13. The van der Waals surface area contributed by atoms with Crippen molar-refractivity contribution < 1.29 is 9.53 Å². The number of carbonyl (C=O) groups excluding carboxylic acids is 1. The molecule has 4 nitrogen and oxygen atoms in total. The topological polar surface area (TPSA) is 64.3 Å². The fraction of sp³-hybridized carbons (Fsp3) is 0.533. The molecule has 1 aromatic carbocycles. The fourth-order valence-electron chi connectivity index (χ4n) is 1.71. The van der Waals surface area contributed by atoms with Crippen molar-refractivity contribution in [1.82, 2.24) is 0 Å². The van der Waals surface area contributed by atoms with Crippen LogP contribution < -0.4 is 15.8 Å². The quantitative estimate of drug-likeness (QED) is 0.710. The highest BCUT2D eigenvalue weighted by atomic mass is 16.5. The molecule has 106 valence electrons. The van der Waals surface area contributed by atoms with Crippen molar-refractivity contribution in [1.29, 1.82) is 0 Å². The van der Waals surface area contributed by atoms with E-state index in [0.29, 0.717) is 19.6 Å². The summed E-state index contributed by atoms with van der Waals surface area (Å²) < 4.78 is 5.66. The highest BCUT2D eigenvalue weighted by Crippen LogP contribution is 2.26. The Morgan fingerprint density at radius 3 is 2.84 bits per heavy atom. The first-order valence-corrected chi connectivity index (χ1v) is 6.90. The van der Waals surface area contributed by atoms with Crippen molar-refractivity contribution in [2.75, 3.05) is 18.5 Å². The third kappa shape index (κ3) is 5.75. The molecule has 1 rings (SSSR count). The molecule has 1 aromatic rings. The summed E-state index contributed by atoms with van der Waals surface area (Å²) in [5.74, 6) is 0.757. The molecule has 19 heavy (non-hydrogen) atoms. The Morgan fingerprint density at radius 2 is 2.16 bits per heavy atom. The second-order valence-corrected chi connectivity index (χ2v) is 4.64. The lowest BCUT2D eigenvalue weighted by Crippen LogP contribution is -2.13. The normalized spacial score (nSPS) is 10.3. The molecule has 3 N–H and O–H groups in total. The molecule has 0 atom stereocenters. The Labute approximate surface area is 115 Å². The van der Waals surface area contributed by atoms with Crippen LogP contribution in [0.15, 0.2) is 18.2 Å². The fourth-order valence-corrected chi connectivity index (χ4v) is 1.71. The van der Waals surface area contributed by atoms with Gasteiger partial charge in [0.1, 0.15) is 5.75 Å². The summed E-state index contributed by atoms with van der Waals surface area (Å²) in [7, 11) is 0. The van der Waals surface area contributed by atoms with Gasteiger partial charge in [0.05, 0.1) is 12.3 Å². The molecule has 0 radical (unpaired) electrons. The highest BCUT2D eigenvalue weighted by Gasteiger charge is 2.08. The minimum absolute atomic E-state index is 0.0126. The van der Waals surface area contributed by atoms with E-state index in [1.54, 1.807) is 0 Å². The number of unbranched alkanes of at least 4 members (excludes halogenated alkanes) is 1. The molecule has 0 aliphatic heterocycles. The van der Waals surface area contributed by atoms with E-state index in [2.05, 4.69) is 12.2 Å². The van der Waals surface area contributed by atoms with Crippen LogP contribution in [0.25, 0.3) is 0 Å². The minimum atomic E-state index is 0.0126. The summed E-state index contributed by atoms with van der Waals surface area (Å²) in [6.45, 7) is 5.34. The number of hydrogen-bond acceptors (Lipinski definition) is 3. The first-order chi connectivity index (χ1) is 9.17. The van der Waals surface area contributed by atoms with Crippen LogP contribution in [-0.4, -0.2) is 19.1 Å². The zero-order valence-corrected chi connectivity index (χ0v) is 11.9. The number of anilines is 1. The Morgan fingerprint density at radius 1 is 1.37 bits per heavy atom. The van der Waals surface area contributed by atoms with E-state index in [4.69, 9.17) is 10.5 Å². The summed E-state index contributed by atoms with van der Waals surface area (Å²) in [5.41, 5.74) is 7.28. The van der Waals surface area contributed by atoms with E-state index in [0.717, 1.165) is 36.3 Å². The van der Waals surface area contributed by atoms with Gasteiger partial charge in [-0.05, 0) is 50.4 Å². The summed E-state index contributed by atoms with van der Waals surface area (Å²) >= 11 is 0. The Kier molecular flexibility index (Phi) is 6.97. The molecule has 4 heteroatoms. The monoisotopic (exact) mass is 264 g/mol. The van der Waals surface area contributed by atoms with Gasteiger partial charge in [-0.2, -0.15) is 0 Å². The number of benzene rings is 1. The van der Waals surface area contributed by atoms with E-state index < -0.39 is 0 Å². The first-order valence-electron chi connectivity index (χ1n) is 6.90. The number of aryl methyl sites for hydroxylation is 1. The number of amides is 1. The minimum Gasteiger partial charge on any atom is -0.491 e. The van der Waals surface area contributed by atoms with Gasteiger partial charge >= 0.3 is 0 Å². The van der Waals surface area contributed by atoms with Crippen molar-refractivity contribution in [2.24, 2.45) is 5.73 Å². The van der Waals surface area contributed by atoms with Crippen LogP contribution in [0.2, 0.25) is 0 Å². The van der Waals surface area contributed by atoms with Crippen molar-refractivity contribution in [2.45, 2.75) is 39.5 Å². The molecule has 0 aliphatic carbocycles. The number of ether oxygens (including phenoxy) is 1. The third-order valence-electron chi connectivity index (χ3n) is 2.73. The van der Waals surface area contributed by atoms with E-state index in [9.17, 15) is 4.79 Å². The summed E-state index contributed by atoms with van der Waals surface area (Å²) in [6, 6.07) is 5.81. The number of hydrogen-bond donors (Lipinski definition) is 2. The Balaban J connectivity index is 2.62. The average Bonchev–Trinajstić information content (AvgIpc) is 2.39. The van der Waals surface area contributed by atoms with Gasteiger partial charge in [0.25, 0.3) is 0 Å². The Hall–Kier alpha value is -1.55. The number of rotatable bonds is 8. The van der Waals surface area contributed by atoms with Gasteiger partial charge in [-0.25, -0.2) is 0 Å². The third-order valence-corrected chi connectivity index (χ3v) is 2.73. The van der Waals surface area contributed by atoms with Gasteiger partial charge in [-0.15, -0.1) is 0 Å². The molecule has 0 saturated heterocycles. The number of nitrogens with two attached hydrogens (primary N) is 1. The molecular weight excluding hydrogens is 240 g/mol. The molecule has 1 amide bonds. The van der Waals surface area contributed by atoms with Crippen LogP contribution in [0.4, 0.5) is 5.69 Å². The largest absolute Gasteiger partial charge is 0.491 e. The van der Waals surface area contributed by atoms with Gasteiger partial charge in [0.2, 0.25) is 5.91 Å². The van der Waals surface area contributed by atoms with Crippen LogP contribution in [0.1, 0.15) is 38.2 Å². The second-order valence-electron chi connectivity index (χ2n) is 4.64. The SMILES string of the molecule is CCCOc1cc(C)ccc1NC(=O)CCCCN. The lowest BCUT2D eigenvalue weighted by atomic mass is 10.2. The second kappa shape index (κ2) is 8.53. The van der Waals surface area contributed by atoms with Crippen molar-refractivity contribution >= 4 is 11.6 Å². The predicted octanol–water partition coefficient (Wildman–Crippen LogP) is 2.85. The van der Waals surface area contributed by atoms with Gasteiger partial charge in [-0.1, -0.05) is 13.0 Å². The Bertz CT molecular complexity index is 405. The van der Waals surface area contributed by atoms with Crippen LogP contribution in [0.3, 0.4) is 0 Å². The lowest BCUT2D eigenvalue weighted by Gasteiger charge is -2.13. The number of nitrogens with one attached hydrogen (secondary N) is 1. The maximum Gasteiger partial charge on any atom is 0.224 e. The van der Waals surface area contributed by atoms with E-state index in [1.807, 2.05) is 25.1 Å². The molecule has 0 saturated carbocycles. The lowest BCUT2D eigenvalue weighted by molar-refractivity contribution is -0.116. The van der Waals surface area contributed by atoms with Crippen LogP contribution in [0.5, 0.6) is 5.75 Å². The van der Waals surface area contributed by atoms with E-state index >= 15 is 0 Å². The molecule has 0 spiro atoms. The van der Waals surface area contributed by atoms with Crippen LogP contribution in [-0.2, 0) is 4.79 Å². The maximum absolute atomic E-state index is 11.8. The predicted molar refractivity (Wildman–Crippen MR) is 78.5 cm³/mol. The standard InChI is InChI=1S/C15H24N2O2/c1-3-10-19-14-11-12(2)7-8-13(14)17-15(18)6-4-5-9-16/h7-8,11H,3-6,9-10,16H2,1-2H3,(H,17,18).